The van der Waals surface area contributed by atoms with Crippen molar-refractivity contribution in [1.29, 1.82) is 0 Å². The lowest BCUT2D eigenvalue weighted by atomic mass is 10.3. The van der Waals surface area contributed by atoms with E-state index in [0.29, 0.717) is 17.4 Å². The van der Waals surface area contributed by atoms with Crippen LogP contribution in [0.5, 0.6) is 0 Å². The first kappa shape index (κ1) is 10.1. The van der Waals surface area contributed by atoms with Crippen molar-refractivity contribution in [2.45, 2.75) is 19.4 Å². The fourth-order valence-corrected chi connectivity index (χ4v) is 2.49. The molecule has 0 N–H and O–H groups in total. The van der Waals surface area contributed by atoms with Gasteiger partial charge in [0.25, 0.3) is 5.56 Å². The van der Waals surface area contributed by atoms with E-state index in [1.165, 1.54) is 6.07 Å². The largest absolute Gasteiger partial charge is 0.296 e. The lowest BCUT2D eigenvalue weighted by molar-refractivity contribution is 0.719. The maximum Gasteiger partial charge on any atom is 0.261 e. The summed E-state index contributed by atoms with van der Waals surface area (Å²) in [6, 6.07) is 1.52. The molecule has 6 heteroatoms. The van der Waals surface area contributed by atoms with Gasteiger partial charge in [-0.15, -0.1) is 0 Å². The molecule has 1 aliphatic rings. The summed E-state index contributed by atoms with van der Waals surface area (Å²) in [4.78, 5) is 20.4. The predicted molar refractivity (Wildman–Crippen MR) is 62.1 cm³/mol. The van der Waals surface area contributed by atoms with Gasteiger partial charge in [-0.1, -0.05) is 23.2 Å². The Morgan fingerprint density at radius 1 is 1.31 bits per heavy atom. The van der Waals surface area contributed by atoms with E-state index >= 15 is 0 Å². The molecule has 1 aliphatic heterocycles. The molecular weight excluding hydrogens is 249 g/mol. The molecule has 0 atom stereocenters. The molecule has 0 radical (unpaired) electrons. The number of fused-ring (bicyclic) bond motifs is 2. The Bertz CT molecular complexity index is 651. The molecule has 0 amide bonds. The average molecular weight is 256 g/mol. The topological polar surface area (TPSA) is 47.8 Å². The monoisotopic (exact) mass is 255 g/mol. The molecule has 3 heterocycles. The summed E-state index contributed by atoms with van der Waals surface area (Å²) in [5.41, 5.74) is 0.368. The van der Waals surface area contributed by atoms with Crippen LogP contribution in [0.15, 0.2) is 10.9 Å². The smallest absolute Gasteiger partial charge is 0.261 e. The Labute approximate surface area is 101 Å². The third-order valence-corrected chi connectivity index (χ3v) is 3.19. The summed E-state index contributed by atoms with van der Waals surface area (Å²) in [7, 11) is 0. The van der Waals surface area contributed by atoms with Crippen LogP contribution in [-0.4, -0.2) is 14.5 Å². The van der Waals surface area contributed by atoms with Gasteiger partial charge in [0.2, 0.25) is 0 Å². The number of nitrogens with zero attached hydrogens (tertiary/aromatic N) is 3. The molecule has 2 aromatic rings. The van der Waals surface area contributed by atoms with Crippen LogP contribution in [0.3, 0.4) is 0 Å². The van der Waals surface area contributed by atoms with E-state index in [9.17, 15) is 4.79 Å². The summed E-state index contributed by atoms with van der Waals surface area (Å²) in [5, 5.41) is 0.848. The third-order valence-electron chi connectivity index (χ3n) is 2.73. The van der Waals surface area contributed by atoms with Crippen molar-refractivity contribution in [3.05, 3.63) is 32.6 Å². The van der Waals surface area contributed by atoms with E-state index < -0.39 is 0 Å². The predicted octanol–water partition coefficient (Wildman–Crippen LogP) is 2.04. The van der Waals surface area contributed by atoms with Crippen molar-refractivity contribution in [2.75, 3.05) is 0 Å². The SMILES string of the molecule is O=c1c2cc(Cl)nc(Cl)c2nc2n1CCC2. The zero-order chi connectivity index (χ0) is 11.3. The minimum absolute atomic E-state index is 0.0799. The van der Waals surface area contributed by atoms with E-state index in [1.807, 2.05) is 0 Å². The molecule has 4 nitrogen and oxygen atoms in total. The highest BCUT2D eigenvalue weighted by Gasteiger charge is 2.18. The van der Waals surface area contributed by atoms with Crippen LogP contribution in [0.2, 0.25) is 10.3 Å². The molecule has 0 spiro atoms. The minimum Gasteiger partial charge on any atom is -0.296 e. The maximum absolute atomic E-state index is 12.1. The summed E-state index contributed by atoms with van der Waals surface area (Å²) < 4.78 is 1.68. The Hall–Kier alpha value is -1.13. The molecule has 0 saturated carbocycles. The second-order valence-corrected chi connectivity index (χ2v) is 4.47. The van der Waals surface area contributed by atoms with Gasteiger partial charge in [-0.2, -0.15) is 0 Å². The highest BCUT2D eigenvalue weighted by Crippen LogP contribution is 2.22. The molecule has 0 bridgehead atoms. The van der Waals surface area contributed by atoms with Crippen LogP contribution < -0.4 is 5.56 Å². The van der Waals surface area contributed by atoms with Crippen LogP contribution in [0.1, 0.15) is 12.2 Å². The van der Waals surface area contributed by atoms with Gasteiger partial charge in [-0.25, -0.2) is 9.97 Å². The second kappa shape index (κ2) is 3.43. The third kappa shape index (κ3) is 1.33. The highest BCUT2D eigenvalue weighted by molar-refractivity contribution is 6.36. The summed E-state index contributed by atoms with van der Waals surface area (Å²) in [6.45, 7) is 0.717. The van der Waals surface area contributed by atoms with Crippen molar-refractivity contribution in [2.24, 2.45) is 0 Å². The van der Waals surface area contributed by atoms with Gasteiger partial charge < -0.3 is 0 Å². The fraction of sp³-hybridized carbons (Fsp3) is 0.300. The molecular formula is C10H7Cl2N3O. The molecule has 0 saturated heterocycles. The van der Waals surface area contributed by atoms with Crippen molar-refractivity contribution in [1.82, 2.24) is 14.5 Å². The van der Waals surface area contributed by atoms with Crippen LogP contribution >= 0.6 is 23.2 Å². The minimum atomic E-state index is -0.0799. The number of halogens is 2. The Morgan fingerprint density at radius 3 is 2.94 bits per heavy atom. The number of pyridine rings is 1. The van der Waals surface area contributed by atoms with Crippen LogP contribution in [0.4, 0.5) is 0 Å². The highest BCUT2D eigenvalue weighted by atomic mass is 35.5. The average Bonchev–Trinajstić information content (AvgIpc) is 2.68. The van der Waals surface area contributed by atoms with Crippen molar-refractivity contribution >= 4 is 34.1 Å². The quantitative estimate of drug-likeness (QED) is 0.677. The van der Waals surface area contributed by atoms with E-state index in [2.05, 4.69) is 9.97 Å². The van der Waals surface area contributed by atoms with Gasteiger partial charge in [0.15, 0.2) is 5.15 Å². The van der Waals surface area contributed by atoms with Gasteiger partial charge >= 0.3 is 0 Å². The summed E-state index contributed by atoms with van der Waals surface area (Å²) >= 11 is 11.7. The number of aromatic nitrogens is 3. The zero-order valence-corrected chi connectivity index (χ0v) is 9.72. The molecule has 0 aromatic carbocycles. The van der Waals surface area contributed by atoms with Crippen molar-refractivity contribution in [3.63, 3.8) is 0 Å². The van der Waals surface area contributed by atoms with Gasteiger partial charge in [0.1, 0.15) is 16.5 Å². The fourth-order valence-electron chi connectivity index (χ4n) is 2.02. The molecule has 0 unspecified atom stereocenters. The normalized spacial score (nSPS) is 14.4. The number of aryl methyl sites for hydroxylation is 1. The first-order chi connectivity index (χ1) is 7.66. The summed E-state index contributed by atoms with van der Waals surface area (Å²) in [6.07, 6.45) is 1.75. The Balaban J connectivity index is 2.51. The van der Waals surface area contributed by atoms with Gasteiger partial charge in [0, 0.05) is 13.0 Å². The maximum atomic E-state index is 12.1. The molecule has 0 fully saturated rings. The lowest BCUT2D eigenvalue weighted by Gasteiger charge is -2.05. The zero-order valence-electron chi connectivity index (χ0n) is 8.20. The molecule has 82 valence electrons. The summed E-state index contributed by atoms with van der Waals surface area (Å²) in [5.74, 6) is 0.781. The van der Waals surface area contributed by atoms with E-state index in [4.69, 9.17) is 23.2 Å². The lowest BCUT2D eigenvalue weighted by Crippen LogP contribution is -2.21. The van der Waals surface area contributed by atoms with Gasteiger partial charge in [-0.05, 0) is 12.5 Å². The standard InChI is InChI=1S/C10H7Cl2N3O/c11-6-4-5-8(9(12)13-6)14-7-2-1-3-15(7)10(5)16/h4H,1-3H2. The second-order valence-electron chi connectivity index (χ2n) is 3.72. The molecule has 0 aliphatic carbocycles. The van der Waals surface area contributed by atoms with Crippen molar-refractivity contribution < 1.29 is 0 Å². The first-order valence-corrected chi connectivity index (χ1v) is 5.68. The molecule has 2 aromatic heterocycles. The number of rotatable bonds is 0. The van der Waals surface area contributed by atoms with Gasteiger partial charge in [-0.3, -0.25) is 9.36 Å². The Morgan fingerprint density at radius 2 is 2.12 bits per heavy atom. The number of hydrogen-bond acceptors (Lipinski definition) is 3. The molecule has 3 rings (SSSR count). The van der Waals surface area contributed by atoms with Gasteiger partial charge in [0.05, 0.1) is 5.39 Å². The number of hydrogen-bond donors (Lipinski definition) is 0. The van der Waals surface area contributed by atoms with Crippen LogP contribution in [0.25, 0.3) is 10.9 Å². The Kier molecular flexibility index (Phi) is 2.16. The van der Waals surface area contributed by atoms with Crippen LogP contribution in [0, 0.1) is 0 Å². The molecule has 16 heavy (non-hydrogen) atoms. The van der Waals surface area contributed by atoms with Crippen LogP contribution in [-0.2, 0) is 13.0 Å². The van der Waals surface area contributed by atoms with Crippen molar-refractivity contribution in [3.8, 4) is 0 Å². The van der Waals surface area contributed by atoms with E-state index in [0.717, 1.165) is 18.7 Å². The van der Waals surface area contributed by atoms with E-state index in [1.54, 1.807) is 4.57 Å². The van der Waals surface area contributed by atoms with E-state index in [-0.39, 0.29) is 15.9 Å². The first-order valence-electron chi connectivity index (χ1n) is 4.92.